The number of fused-ring (bicyclic) bond motifs is 1. The van der Waals surface area contributed by atoms with Crippen LogP contribution in [-0.2, 0) is 19.4 Å². The van der Waals surface area contributed by atoms with Gasteiger partial charge in [0.05, 0.1) is 13.2 Å². The number of benzene rings is 2. The highest BCUT2D eigenvalue weighted by molar-refractivity contribution is 5.40. The summed E-state index contributed by atoms with van der Waals surface area (Å²) < 4.78 is 24.7. The Labute approximate surface area is 123 Å². The van der Waals surface area contributed by atoms with Gasteiger partial charge in [-0.15, -0.1) is 0 Å². The van der Waals surface area contributed by atoms with E-state index in [0.717, 1.165) is 25.2 Å². The van der Waals surface area contributed by atoms with E-state index in [9.17, 15) is 4.39 Å². The summed E-state index contributed by atoms with van der Waals surface area (Å²) in [6.07, 6.45) is 1.74. The molecule has 0 saturated heterocycles. The fourth-order valence-corrected chi connectivity index (χ4v) is 2.55. The molecule has 0 amide bonds. The van der Waals surface area contributed by atoms with Gasteiger partial charge in [-0.2, -0.15) is 0 Å². The maximum absolute atomic E-state index is 13.6. The van der Waals surface area contributed by atoms with Crippen molar-refractivity contribution in [2.24, 2.45) is 5.73 Å². The van der Waals surface area contributed by atoms with Gasteiger partial charge >= 0.3 is 0 Å². The molecule has 0 aliphatic carbocycles. The molecule has 2 aromatic rings. The predicted molar refractivity (Wildman–Crippen MR) is 79.1 cm³/mol. The smallest absolute Gasteiger partial charge is 0.131 e. The molecule has 0 atom stereocenters. The Morgan fingerprint density at radius 3 is 3.00 bits per heavy atom. The second kappa shape index (κ2) is 6.14. The van der Waals surface area contributed by atoms with Gasteiger partial charge in [-0.25, -0.2) is 4.39 Å². The van der Waals surface area contributed by atoms with Crippen molar-refractivity contribution in [2.45, 2.75) is 19.4 Å². The van der Waals surface area contributed by atoms with Gasteiger partial charge in [-0.3, -0.25) is 0 Å². The lowest BCUT2D eigenvalue weighted by molar-refractivity contribution is 0.316. The number of hydrogen-bond donors (Lipinski definition) is 1. The zero-order valence-electron chi connectivity index (χ0n) is 11.8. The normalized spacial score (nSPS) is 12.9. The van der Waals surface area contributed by atoms with Gasteiger partial charge in [0, 0.05) is 24.9 Å². The molecule has 0 bridgehead atoms. The van der Waals surface area contributed by atoms with Gasteiger partial charge < -0.3 is 15.2 Å². The molecular weight excluding hydrogens is 269 g/mol. The lowest BCUT2D eigenvalue weighted by Crippen LogP contribution is -2.07. The van der Waals surface area contributed by atoms with E-state index >= 15 is 0 Å². The molecule has 1 aliphatic rings. The average molecular weight is 287 g/mol. The molecule has 21 heavy (non-hydrogen) atoms. The van der Waals surface area contributed by atoms with E-state index in [1.54, 1.807) is 12.1 Å². The van der Waals surface area contributed by atoms with Crippen LogP contribution < -0.4 is 15.2 Å². The van der Waals surface area contributed by atoms with Crippen LogP contribution in [0.4, 0.5) is 4.39 Å². The van der Waals surface area contributed by atoms with E-state index in [1.807, 2.05) is 12.1 Å². The molecule has 3 nitrogen and oxygen atoms in total. The maximum Gasteiger partial charge on any atom is 0.131 e. The summed E-state index contributed by atoms with van der Waals surface area (Å²) in [5, 5.41) is 0. The average Bonchev–Trinajstić information content (AvgIpc) is 2.95. The Morgan fingerprint density at radius 1 is 1.24 bits per heavy atom. The quantitative estimate of drug-likeness (QED) is 0.919. The van der Waals surface area contributed by atoms with Crippen LogP contribution in [0.3, 0.4) is 0 Å². The Balaban J connectivity index is 1.63. The molecule has 1 heterocycles. The first-order valence-corrected chi connectivity index (χ1v) is 7.13. The molecular formula is C17H18FNO2. The summed E-state index contributed by atoms with van der Waals surface area (Å²) in [7, 11) is 0. The van der Waals surface area contributed by atoms with Crippen LogP contribution in [-0.4, -0.2) is 13.2 Å². The van der Waals surface area contributed by atoms with E-state index in [4.69, 9.17) is 15.2 Å². The van der Waals surface area contributed by atoms with E-state index in [0.29, 0.717) is 17.9 Å². The van der Waals surface area contributed by atoms with Crippen LogP contribution in [0.5, 0.6) is 11.5 Å². The van der Waals surface area contributed by atoms with Gasteiger partial charge in [0.15, 0.2) is 0 Å². The highest BCUT2D eigenvalue weighted by atomic mass is 19.1. The lowest BCUT2D eigenvalue weighted by atomic mass is 10.1. The maximum atomic E-state index is 13.6. The third-order valence-electron chi connectivity index (χ3n) is 3.68. The molecule has 0 saturated carbocycles. The highest BCUT2D eigenvalue weighted by Gasteiger charge is 2.12. The summed E-state index contributed by atoms with van der Waals surface area (Å²) in [5.41, 5.74) is 8.44. The molecule has 0 radical (unpaired) electrons. The third kappa shape index (κ3) is 3.00. The molecule has 0 fully saturated rings. The van der Waals surface area contributed by atoms with Crippen molar-refractivity contribution in [3.8, 4) is 11.5 Å². The summed E-state index contributed by atoms with van der Waals surface area (Å²) in [5.74, 6) is 1.20. The number of rotatable bonds is 5. The zero-order valence-corrected chi connectivity index (χ0v) is 11.8. The predicted octanol–water partition coefficient (Wildman–Crippen LogP) is 2.84. The van der Waals surface area contributed by atoms with E-state index < -0.39 is 0 Å². The van der Waals surface area contributed by atoms with Gasteiger partial charge in [0.2, 0.25) is 0 Å². The molecule has 0 aromatic heterocycles. The minimum atomic E-state index is -0.315. The summed E-state index contributed by atoms with van der Waals surface area (Å²) in [4.78, 5) is 0. The minimum absolute atomic E-state index is 0.137. The third-order valence-corrected chi connectivity index (χ3v) is 3.68. The second-order valence-electron chi connectivity index (χ2n) is 5.06. The van der Waals surface area contributed by atoms with Crippen LogP contribution >= 0.6 is 0 Å². The van der Waals surface area contributed by atoms with E-state index in [-0.39, 0.29) is 12.4 Å². The van der Waals surface area contributed by atoms with Gasteiger partial charge in [-0.1, -0.05) is 18.2 Å². The molecule has 1 aliphatic heterocycles. The van der Waals surface area contributed by atoms with Crippen LogP contribution in [0.1, 0.15) is 16.7 Å². The van der Waals surface area contributed by atoms with E-state index in [1.165, 1.54) is 17.2 Å². The van der Waals surface area contributed by atoms with Gasteiger partial charge in [-0.05, 0) is 29.3 Å². The second-order valence-corrected chi connectivity index (χ2v) is 5.06. The zero-order chi connectivity index (χ0) is 14.7. The lowest BCUT2D eigenvalue weighted by Gasteiger charge is -2.11. The van der Waals surface area contributed by atoms with Crippen molar-refractivity contribution in [1.29, 1.82) is 0 Å². The van der Waals surface area contributed by atoms with Crippen LogP contribution in [0.25, 0.3) is 0 Å². The number of hydrogen-bond acceptors (Lipinski definition) is 3. The highest BCUT2D eigenvalue weighted by Crippen LogP contribution is 2.26. The monoisotopic (exact) mass is 287 g/mol. The molecule has 2 aromatic carbocycles. The summed E-state index contributed by atoms with van der Waals surface area (Å²) in [6, 6.07) is 11.0. The molecule has 2 N–H and O–H groups in total. The Hall–Kier alpha value is -2.07. The first-order valence-electron chi connectivity index (χ1n) is 7.13. The van der Waals surface area contributed by atoms with Gasteiger partial charge in [0.25, 0.3) is 0 Å². The molecule has 0 spiro atoms. The Bertz CT molecular complexity index is 643. The summed E-state index contributed by atoms with van der Waals surface area (Å²) >= 11 is 0. The molecule has 3 rings (SSSR count). The Morgan fingerprint density at radius 2 is 2.14 bits per heavy atom. The standard InChI is InChI=1S/C17H18FNO2/c18-15-2-1-3-17(14(15)11-19)21-8-6-12-4-5-16-13(10-12)7-9-20-16/h1-5,10H,6-9,11,19H2. The Kier molecular flexibility index (Phi) is 4.06. The first-order chi connectivity index (χ1) is 10.3. The number of nitrogens with two attached hydrogens (primary N) is 1. The molecule has 0 unspecified atom stereocenters. The first kappa shape index (κ1) is 13.9. The van der Waals surface area contributed by atoms with Crippen molar-refractivity contribution in [1.82, 2.24) is 0 Å². The van der Waals surface area contributed by atoms with Crippen LogP contribution in [0.2, 0.25) is 0 Å². The topological polar surface area (TPSA) is 44.5 Å². The molecule has 4 heteroatoms. The van der Waals surface area contributed by atoms with Crippen molar-refractivity contribution in [3.63, 3.8) is 0 Å². The fraction of sp³-hybridized carbons (Fsp3) is 0.294. The van der Waals surface area contributed by atoms with Crippen molar-refractivity contribution in [3.05, 3.63) is 58.9 Å². The van der Waals surface area contributed by atoms with Crippen molar-refractivity contribution >= 4 is 0 Å². The largest absolute Gasteiger partial charge is 0.493 e. The van der Waals surface area contributed by atoms with Crippen LogP contribution in [0.15, 0.2) is 36.4 Å². The fourth-order valence-electron chi connectivity index (χ4n) is 2.55. The number of ether oxygens (including phenoxy) is 2. The van der Waals surface area contributed by atoms with Crippen LogP contribution in [0, 0.1) is 5.82 Å². The van der Waals surface area contributed by atoms with Gasteiger partial charge in [0.1, 0.15) is 17.3 Å². The van der Waals surface area contributed by atoms with Crippen molar-refractivity contribution < 1.29 is 13.9 Å². The van der Waals surface area contributed by atoms with E-state index in [2.05, 4.69) is 6.07 Å². The SMILES string of the molecule is NCc1c(F)cccc1OCCc1ccc2c(c1)CCO2. The van der Waals surface area contributed by atoms with Crippen molar-refractivity contribution in [2.75, 3.05) is 13.2 Å². The minimum Gasteiger partial charge on any atom is -0.493 e. The summed E-state index contributed by atoms with van der Waals surface area (Å²) in [6.45, 7) is 1.40. The number of halogens is 1. The molecule has 110 valence electrons.